The standard InChI is InChI=1S/C19H30N6O/c1-20-19(23-15-17-7-2-3-8-21-17)22-9-10-24-11-13-25(14-12-24)18(26)16-5-4-6-16/h2-3,7-8,16H,4-6,9-15H2,1H3,(H2,20,22,23). The first kappa shape index (κ1) is 18.6. The SMILES string of the molecule is CN=C(NCCN1CCN(C(=O)C2CCC2)CC1)NCc1ccccn1. The van der Waals surface area contributed by atoms with Crippen LogP contribution in [0.3, 0.4) is 0 Å². The molecule has 2 N–H and O–H groups in total. The van der Waals surface area contributed by atoms with Crippen LogP contribution >= 0.6 is 0 Å². The second-order valence-electron chi connectivity index (χ2n) is 6.97. The van der Waals surface area contributed by atoms with Gasteiger partial charge in [0.15, 0.2) is 5.96 Å². The third kappa shape index (κ3) is 5.17. The number of pyridine rings is 1. The Kier molecular flexibility index (Phi) is 6.82. The summed E-state index contributed by atoms with van der Waals surface area (Å²) in [6.07, 6.45) is 5.20. The summed E-state index contributed by atoms with van der Waals surface area (Å²) in [5.41, 5.74) is 0.989. The van der Waals surface area contributed by atoms with Gasteiger partial charge in [-0.2, -0.15) is 0 Å². The minimum Gasteiger partial charge on any atom is -0.355 e. The van der Waals surface area contributed by atoms with E-state index >= 15 is 0 Å². The third-order valence-corrected chi connectivity index (χ3v) is 5.25. The van der Waals surface area contributed by atoms with Crippen molar-refractivity contribution >= 4 is 11.9 Å². The number of aliphatic imine (C=N–C) groups is 1. The maximum absolute atomic E-state index is 12.3. The number of amides is 1. The molecule has 26 heavy (non-hydrogen) atoms. The smallest absolute Gasteiger partial charge is 0.225 e. The maximum atomic E-state index is 12.3. The summed E-state index contributed by atoms with van der Waals surface area (Å²) >= 11 is 0. The van der Waals surface area contributed by atoms with Gasteiger partial charge >= 0.3 is 0 Å². The van der Waals surface area contributed by atoms with E-state index in [1.54, 1.807) is 13.2 Å². The Balaban J connectivity index is 1.31. The Morgan fingerprint density at radius 3 is 2.65 bits per heavy atom. The van der Waals surface area contributed by atoms with E-state index in [0.29, 0.717) is 18.4 Å². The Morgan fingerprint density at radius 1 is 1.23 bits per heavy atom. The van der Waals surface area contributed by atoms with Gasteiger partial charge in [0.1, 0.15) is 0 Å². The highest BCUT2D eigenvalue weighted by Gasteiger charge is 2.30. The molecular formula is C19H30N6O. The summed E-state index contributed by atoms with van der Waals surface area (Å²) in [4.78, 5) is 25.3. The lowest BCUT2D eigenvalue weighted by Gasteiger charge is -2.38. The van der Waals surface area contributed by atoms with Crippen LogP contribution in [0, 0.1) is 5.92 Å². The van der Waals surface area contributed by atoms with E-state index < -0.39 is 0 Å². The van der Waals surface area contributed by atoms with Crippen molar-refractivity contribution in [3.05, 3.63) is 30.1 Å². The van der Waals surface area contributed by atoms with Crippen LogP contribution in [0.4, 0.5) is 0 Å². The van der Waals surface area contributed by atoms with Crippen LogP contribution in [-0.2, 0) is 11.3 Å². The fourth-order valence-corrected chi connectivity index (χ4v) is 3.34. The molecule has 2 aliphatic rings. The molecule has 0 aromatic carbocycles. The highest BCUT2D eigenvalue weighted by Crippen LogP contribution is 2.28. The van der Waals surface area contributed by atoms with E-state index in [2.05, 4.69) is 30.4 Å². The maximum Gasteiger partial charge on any atom is 0.225 e. The minimum absolute atomic E-state index is 0.316. The zero-order valence-electron chi connectivity index (χ0n) is 15.7. The van der Waals surface area contributed by atoms with Gasteiger partial charge in [-0.1, -0.05) is 12.5 Å². The second kappa shape index (κ2) is 9.52. The molecule has 0 bridgehead atoms. The molecule has 2 fully saturated rings. The third-order valence-electron chi connectivity index (χ3n) is 5.25. The molecule has 1 aliphatic heterocycles. The van der Waals surface area contributed by atoms with Crippen molar-refractivity contribution in [3.63, 3.8) is 0 Å². The van der Waals surface area contributed by atoms with Crippen LogP contribution in [0.2, 0.25) is 0 Å². The molecule has 1 aliphatic carbocycles. The van der Waals surface area contributed by atoms with Gasteiger partial charge in [-0.3, -0.25) is 19.7 Å². The van der Waals surface area contributed by atoms with Crippen LogP contribution in [0.25, 0.3) is 0 Å². The van der Waals surface area contributed by atoms with Crippen molar-refractivity contribution in [3.8, 4) is 0 Å². The van der Waals surface area contributed by atoms with Crippen molar-refractivity contribution in [1.82, 2.24) is 25.4 Å². The van der Waals surface area contributed by atoms with Crippen molar-refractivity contribution in [2.75, 3.05) is 46.3 Å². The van der Waals surface area contributed by atoms with Crippen LogP contribution in [0.15, 0.2) is 29.4 Å². The summed E-state index contributed by atoms with van der Waals surface area (Å²) in [5, 5.41) is 6.62. The van der Waals surface area contributed by atoms with Crippen LogP contribution in [-0.4, -0.2) is 73.0 Å². The normalized spacial score (nSPS) is 19.1. The van der Waals surface area contributed by atoms with E-state index in [9.17, 15) is 4.79 Å². The summed E-state index contributed by atoms with van der Waals surface area (Å²) in [5.74, 6) is 1.49. The molecule has 142 valence electrons. The molecule has 0 atom stereocenters. The molecule has 1 saturated carbocycles. The largest absolute Gasteiger partial charge is 0.355 e. The molecule has 0 radical (unpaired) electrons. The monoisotopic (exact) mass is 358 g/mol. The molecule has 7 nitrogen and oxygen atoms in total. The van der Waals surface area contributed by atoms with Crippen molar-refractivity contribution in [2.45, 2.75) is 25.8 Å². The number of aromatic nitrogens is 1. The van der Waals surface area contributed by atoms with E-state index in [-0.39, 0.29) is 0 Å². The number of guanidine groups is 1. The molecular weight excluding hydrogens is 328 g/mol. The van der Waals surface area contributed by atoms with Gasteiger partial charge in [0.2, 0.25) is 5.91 Å². The fourth-order valence-electron chi connectivity index (χ4n) is 3.34. The van der Waals surface area contributed by atoms with Gasteiger partial charge in [-0.05, 0) is 25.0 Å². The van der Waals surface area contributed by atoms with Gasteiger partial charge in [0.25, 0.3) is 0 Å². The lowest BCUT2D eigenvalue weighted by Crippen LogP contribution is -2.52. The first-order valence-electron chi connectivity index (χ1n) is 9.62. The Morgan fingerprint density at radius 2 is 2.04 bits per heavy atom. The Labute approximate surface area is 155 Å². The summed E-state index contributed by atoms with van der Waals surface area (Å²) in [6.45, 7) is 6.08. The first-order chi connectivity index (χ1) is 12.8. The van der Waals surface area contributed by atoms with Gasteiger partial charge in [-0.25, -0.2) is 0 Å². The summed E-state index contributed by atoms with van der Waals surface area (Å²) in [6, 6.07) is 5.89. The number of carbonyl (C=O) groups is 1. The molecule has 3 rings (SSSR count). The molecule has 0 unspecified atom stereocenters. The van der Waals surface area contributed by atoms with Crippen LogP contribution in [0.5, 0.6) is 0 Å². The average Bonchev–Trinajstić information content (AvgIpc) is 2.64. The number of nitrogens with zero attached hydrogens (tertiary/aromatic N) is 4. The van der Waals surface area contributed by atoms with Crippen molar-refractivity contribution < 1.29 is 4.79 Å². The number of piperazine rings is 1. The van der Waals surface area contributed by atoms with Crippen LogP contribution < -0.4 is 10.6 Å². The molecule has 1 saturated heterocycles. The Hall–Kier alpha value is -2.15. The molecule has 1 aromatic rings. The first-order valence-corrected chi connectivity index (χ1v) is 9.62. The molecule has 2 heterocycles. The van der Waals surface area contributed by atoms with Crippen LogP contribution in [0.1, 0.15) is 25.0 Å². The van der Waals surface area contributed by atoms with E-state index in [0.717, 1.165) is 63.8 Å². The van der Waals surface area contributed by atoms with E-state index in [4.69, 9.17) is 0 Å². The number of hydrogen-bond acceptors (Lipinski definition) is 4. The van der Waals surface area contributed by atoms with Gasteiger partial charge in [0.05, 0.1) is 12.2 Å². The van der Waals surface area contributed by atoms with Crippen molar-refractivity contribution in [2.24, 2.45) is 10.9 Å². The number of nitrogens with one attached hydrogen (secondary N) is 2. The zero-order valence-corrected chi connectivity index (χ0v) is 15.7. The molecule has 0 spiro atoms. The van der Waals surface area contributed by atoms with E-state index in [1.807, 2.05) is 18.2 Å². The Bertz CT molecular complexity index is 593. The van der Waals surface area contributed by atoms with Gasteiger partial charge in [0, 0.05) is 58.4 Å². The molecule has 7 heteroatoms. The number of rotatable bonds is 6. The van der Waals surface area contributed by atoms with Gasteiger partial charge < -0.3 is 15.5 Å². The lowest BCUT2D eigenvalue weighted by molar-refractivity contribution is -0.139. The second-order valence-corrected chi connectivity index (χ2v) is 6.97. The average molecular weight is 358 g/mol. The lowest BCUT2D eigenvalue weighted by atomic mass is 9.84. The van der Waals surface area contributed by atoms with Gasteiger partial charge in [-0.15, -0.1) is 0 Å². The highest BCUT2D eigenvalue weighted by molar-refractivity contribution is 5.80. The summed E-state index contributed by atoms with van der Waals surface area (Å²) < 4.78 is 0. The number of hydrogen-bond donors (Lipinski definition) is 2. The number of carbonyl (C=O) groups excluding carboxylic acids is 1. The summed E-state index contributed by atoms with van der Waals surface area (Å²) in [7, 11) is 1.78. The predicted octanol–water partition coefficient (Wildman–Crippen LogP) is 0.691. The predicted molar refractivity (Wildman–Crippen MR) is 103 cm³/mol. The molecule has 1 aromatic heterocycles. The fraction of sp³-hybridized carbons (Fsp3) is 0.632. The van der Waals surface area contributed by atoms with E-state index in [1.165, 1.54) is 6.42 Å². The zero-order chi connectivity index (χ0) is 18.2. The minimum atomic E-state index is 0.316. The molecule has 1 amide bonds. The highest BCUT2D eigenvalue weighted by atomic mass is 16.2. The van der Waals surface area contributed by atoms with Crippen molar-refractivity contribution in [1.29, 1.82) is 0 Å². The quantitative estimate of drug-likeness (QED) is 0.578. The topological polar surface area (TPSA) is 72.9 Å².